The number of amides is 4. The summed E-state index contributed by atoms with van der Waals surface area (Å²) in [6.45, 7) is 11.4. The zero-order valence-electron chi connectivity index (χ0n) is 37.3. The summed E-state index contributed by atoms with van der Waals surface area (Å²) in [6, 6.07) is 21.6. The molecule has 1 N–H and O–H groups in total. The highest BCUT2D eigenvalue weighted by atomic mass is 16.6. The molecular weight excluding hydrogens is 803 g/mol. The van der Waals surface area contributed by atoms with Crippen LogP contribution in [-0.2, 0) is 48.0 Å². The van der Waals surface area contributed by atoms with Gasteiger partial charge in [-0.25, -0.2) is 9.59 Å². The molecule has 7 rings (SSSR count). The number of benzene rings is 3. The second kappa shape index (κ2) is 20.7. The molecule has 63 heavy (non-hydrogen) atoms. The quantitative estimate of drug-likeness (QED) is 0.146. The van der Waals surface area contributed by atoms with Crippen molar-refractivity contribution in [2.24, 2.45) is 5.92 Å². The van der Waals surface area contributed by atoms with Crippen LogP contribution in [0.5, 0.6) is 5.75 Å². The highest BCUT2D eigenvalue weighted by Gasteiger charge is 2.50. The van der Waals surface area contributed by atoms with E-state index in [1.54, 1.807) is 23.6 Å². The van der Waals surface area contributed by atoms with Gasteiger partial charge in [0.15, 0.2) is 6.10 Å². The van der Waals surface area contributed by atoms with Crippen LogP contribution in [0.2, 0.25) is 0 Å². The Bertz CT molecular complexity index is 2070. The second-order valence-corrected chi connectivity index (χ2v) is 17.2. The van der Waals surface area contributed by atoms with E-state index in [4.69, 9.17) is 18.9 Å². The van der Waals surface area contributed by atoms with E-state index < -0.39 is 17.7 Å². The summed E-state index contributed by atoms with van der Waals surface area (Å²) < 4.78 is 23.4. The molecule has 4 heterocycles. The smallest absolute Gasteiger partial charge is 0.410 e. The van der Waals surface area contributed by atoms with E-state index >= 15 is 0 Å². The molecule has 0 radical (unpaired) electrons. The van der Waals surface area contributed by atoms with Gasteiger partial charge in [0.05, 0.1) is 19.1 Å². The van der Waals surface area contributed by atoms with Gasteiger partial charge in [-0.2, -0.15) is 0 Å². The van der Waals surface area contributed by atoms with Crippen molar-refractivity contribution in [3.8, 4) is 5.75 Å². The van der Waals surface area contributed by atoms with Crippen LogP contribution in [0, 0.1) is 19.8 Å². The van der Waals surface area contributed by atoms with Gasteiger partial charge in [-0.15, -0.1) is 0 Å². The zero-order valence-corrected chi connectivity index (χ0v) is 37.3. The lowest BCUT2D eigenvalue weighted by molar-refractivity contribution is -0.167. The van der Waals surface area contributed by atoms with E-state index in [1.807, 2.05) is 85.5 Å². The molecule has 4 amide bonds. The van der Waals surface area contributed by atoms with Gasteiger partial charge in [0.25, 0.3) is 5.91 Å². The first-order valence-corrected chi connectivity index (χ1v) is 22.7. The Morgan fingerprint density at radius 1 is 0.762 bits per heavy atom. The van der Waals surface area contributed by atoms with Crippen molar-refractivity contribution in [2.75, 3.05) is 64.3 Å². The molecule has 0 unspecified atom stereocenters. The largest absolute Gasteiger partial charge is 0.488 e. The van der Waals surface area contributed by atoms with Crippen LogP contribution in [0.15, 0.2) is 66.7 Å². The van der Waals surface area contributed by atoms with Gasteiger partial charge in [-0.3, -0.25) is 19.3 Å². The van der Waals surface area contributed by atoms with Crippen molar-refractivity contribution in [3.05, 3.63) is 94.5 Å². The third-order valence-electron chi connectivity index (χ3n) is 13.3. The van der Waals surface area contributed by atoms with Gasteiger partial charge in [0.1, 0.15) is 17.9 Å². The van der Waals surface area contributed by atoms with Gasteiger partial charge < -0.3 is 39.0 Å². The van der Waals surface area contributed by atoms with E-state index in [0.29, 0.717) is 84.5 Å². The first kappa shape index (κ1) is 45.4. The monoisotopic (exact) mass is 865 g/mol. The molecule has 3 fully saturated rings. The van der Waals surface area contributed by atoms with Crippen molar-refractivity contribution in [3.63, 3.8) is 0 Å². The average molecular weight is 866 g/mol. The van der Waals surface area contributed by atoms with Crippen molar-refractivity contribution < 1.29 is 42.9 Å². The number of fused-ring (bicyclic) bond motifs is 1. The first-order chi connectivity index (χ1) is 30.5. The maximum absolute atomic E-state index is 14.7. The minimum atomic E-state index is -1.13. The second-order valence-electron chi connectivity index (χ2n) is 17.2. The van der Waals surface area contributed by atoms with Gasteiger partial charge in [0, 0.05) is 64.0 Å². The normalized spacial score (nSPS) is 19.0. The third-order valence-corrected chi connectivity index (χ3v) is 13.3. The van der Waals surface area contributed by atoms with Gasteiger partial charge >= 0.3 is 24.1 Å². The Morgan fingerprint density at radius 3 is 2.08 bits per heavy atom. The number of para-hydroxylation sites is 1. The Morgan fingerprint density at radius 2 is 1.41 bits per heavy atom. The fourth-order valence-electron chi connectivity index (χ4n) is 9.82. The maximum atomic E-state index is 14.7. The van der Waals surface area contributed by atoms with Crippen LogP contribution in [0.1, 0.15) is 80.2 Å². The summed E-state index contributed by atoms with van der Waals surface area (Å²) in [5.41, 5.74) is 4.68. The molecule has 4 aliphatic rings. The molecule has 0 saturated carbocycles. The average Bonchev–Trinajstić information content (AvgIpc) is 3.46. The number of anilines is 1. The van der Waals surface area contributed by atoms with E-state index in [-0.39, 0.29) is 62.0 Å². The number of carbonyl (C=O) groups excluding carboxylic acids is 5. The molecule has 3 aromatic rings. The minimum absolute atomic E-state index is 0.0432. The predicted molar refractivity (Wildman–Crippen MR) is 237 cm³/mol. The van der Waals surface area contributed by atoms with Crippen molar-refractivity contribution in [1.29, 1.82) is 0 Å². The SMILES string of the molecule is CCOC(=O)C1CCN(C2(C(=O)OCC)CCN(C(=O)[C@@H](Cc3cc(C)c(OCc4ccccc4)c(C)c3)OC(=O)N3CCC(N4CCc5ccccc5NC4=O)CC3)CC2)CC1. The van der Waals surface area contributed by atoms with Crippen LogP contribution in [0.3, 0.4) is 0 Å². The lowest BCUT2D eigenvalue weighted by Gasteiger charge is -2.49. The Labute approximate surface area is 371 Å². The standard InChI is InChI=1S/C49H63N5O9/c1-5-60-45(56)39-16-25-53(26-17-39)49(46(57)61-6-2)21-28-51(29-22-49)44(55)42(32-37-30-34(3)43(35(4)31-37)62-33-36-12-8-7-9-13-36)63-48(59)52-23-19-40(20-24-52)54-27-18-38-14-10-11-15-41(38)50-47(54)58/h7-15,30-31,39-40,42H,5-6,16-29,32-33H2,1-4H3,(H,50,58)/t42-/m1/s1. The van der Waals surface area contributed by atoms with Crippen LogP contribution in [-0.4, -0.2) is 126 Å². The lowest BCUT2D eigenvalue weighted by atomic mass is 9.82. The fourth-order valence-corrected chi connectivity index (χ4v) is 9.82. The summed E-state index contributed by atoms with van der Waals surface area (Å²) in [4.78, 5) is 75.7. The lowest BCUT2D eigenvalue weighted by Crippen LogP contribution is -2.63. The molecule has 1 atom stereocenters. The number of hydrogen-bond acceptors (Lipinski definition) is 10. The number of nitrogens with zero attached hydrogens (tertiary/aromatic N) is 4. The van der Waals surface area contributed by atoms with Crippen LogP contribution in [0.4, 0.5) is 15.3 Å². The molecule has 14 heteroatoms. The summed E-state index contributed by atoms with van der Waals surface area (Å²) in [6.07, 6.45) is 2.20. The van der Waals surface area contributed by atoms with E-state index in [0.717, 1.165) is 45.7 Å². The molecule has 0 bridgehead atoms. The number of ether oxygens (including phenoxy) is 4. The summed E-state index contributed by atoms with van der Waals surface area (Å²) in [7, 11) is 0. The van der Waals surface area contributed by atoms with Crippen molar-refractivity contribution >= 4 is 35.7 Å². The number of urea groups is 1. The minimum Gasteiger partial charge on any atom is -0.488 e. The summed E-state index contributed by atoms with van der Waals surface area (Å²) in [5.74, 6) is -0.293. The Balaban J connectivity index is 1.05. The molecule has 0 aliphatic carbocycles. The van der Waals surface area contributed by atoms with E-state index in [1.165, 1.54) is 0 Å². The summed E-state index contributed by atoms with van der Waals surface area (Å²) in [5, 5.41) is 3.05. The van der Waals surface area contributed by atoms with Gasteiger partial charge in [0.2, 0.25) is 0 Å². The number of hydrogen-bond donors (Lipinski definition) is 1. The fraction of sp³-hybridized carbons (Fsp3) is 0.531. The van der Waals surface area contributed by atoms with Crippen molar-refractivity contribution in [1.82, 2.24) is 19.6 Å². The Hall–Kier alpha value is -5.63. The number of rotatable bonds is 13. The third kappa shape index (κ3) is 10.6. The van der Waals surface area contributed by atoms with E-state index in [9.17, 15) is 24.0 Å². The van der Waals surface area contributed by atoms with Crippen LogP contribution < -0.4 is 10.1 Å². The number of nitrogens with one attached hydrogen (secondary N) is 1. The van der Waals surface area contributed by atoms with Crippen LogP contribution >= 0.6 is 0 Å². The van der Waals surface area contributed by atoms with E-state index in [2.05, 4.69) is 10.2 Å². The molecule has 0 aromatic heterocycles. The zero-order chi connectivity index (χ0) is 44.5. The molecule has 3 saturated heterocycles. The summed E-state index contributed by atoms with van der Waals surface area (Å²) >= 11 is 0. The molecule has 4 aliphatic heterocycles. The number of carbonyl (C=O) groups is 5. The van der Waals surface area contributed by atoms with Gasteiger partial charge in [-0.05, 0) is 107 Å². The molecule has 3 aromatic carbocycles. The highest BCUT2D eigenvalue weighted by molar-refractivity contribution is 5.91. The number of esters is 2. The maximum Gasteiger partial charge on any atom is 0.410 e. The Kier molecular flexibility index (Phi) is 14.9. The predicted octanol–water partition coefficient (Wildman–Crippen LogP) is 6.68. The van der Waals surface area contributed by atoms with Crippen LogP contribution in [0.25, 0.3) is 0 Å². The highest BCUT2D eigenvalue weighted by Crippen LogP contribution is 2.36. The number of likely N-dealkylation sites (tertiary alicyclic amines) is 3. The van der Waals surface area contributed by atoms with Crippen molar-refractivity contribution in [2.45, 2.75) is 103 Å². The number of aryl methyl sites for hydroxylation is 2. The molecule has 338 valence electrons. The molecule has 14 nitrogen and oxygen atoms in total. The van der Waals surface area contributed by atoms with Gasteiger partial charge in [-0.1, -0.05) is 60.7 Å². The topological polar surface area (TPSA) is 147 Å². The first-order valence-electron chi connectivity index (χ1n) is 22.7. The number of piperidine rings is 3. The molecule has 0 spiro atoms. The molecular formula is C49H63N5O9.